The lowest BCUT2D eigenvalue weighted by Crippen LogP contribution is -2.30. The summed E-state index contributed by atoms with van der Waals surface area (Å²) in [4.78, 5) is 0. The Balaban J connectivity index is 1.91. The second kappa shape index (κ2) is 5.41. The zero-order valence-corrected chi connectivity index (χ0v) is 11.9. The first-order chi connectivity index (χ1) is 8.50. The highest BCUT2D eigenvalue weighted by atomic mass is 32.2. The Bertz CT molecular complexity index is 523. The van der Waals surface area contributed by atoms with E-state index >= 15 is 0 Å². The van der Waals surface area contributed by atoms with Gasteiger partial charge in [0.25, 0.3) is 0 Å². The number of benzene rings is 1. The fourth-order valence-corrected chi connectivity index (χ4v) is 4.26. The zero-order valence-electron chi connectivity index (χ0n) is 11.1. The Labute approximate surface area is 110 Å². The van der Waals surface area contributed by atoms with Crippen molar-refractivity contribution < 1.29 is 8.42 Å². The van der Waals surface area contributed by atoms with Crippen LogP contribution in [0.3, 0.4) is 0 Å². The summed E-state index contributed by atoms with van der Waals surface area (Å²) in [6, 6.07) is 6.24. The average molecular weight is 267 g/mol. The van der Waals surface area contributed by atoms with Crippen LogP contribution in [0.1, 0.15) is 29.5 Å². The van der Waals surface area contributed by atoms with Gasteiger partial charge in [-0.2, -0.15) is 0 Å². The third-order valence-electron chi connectivity index (χ3n) is 3.87. The molecule has 0 bridgehead atoms. The topological polar surface area (TPSA) is 46.2 Å². The second-order valence-corrected chi connectivity index (χ2v) is 7.52. The summed E-state index contributed by atoms with van der Waals surface area (Å²) in [5.74, 6) is 0.364. The number of aryl methyl sites for hydroxylation is 1. The van der Waals surface area contributed by atoms with E-state index in [0.29, 0.717) is 12.3 Å². The van der Waals surface area contributed by atoms with Gasteiger partial charge in [0.05, 0.1) is 11.0 Å². The molecule has 1 aromatic rings. The van der Waals surface area contributed by atoms with Crippen LogP contribution in [0, 0.1) is 13.8 Å². The van der Waals surface area contributed by atoms with Crippen LogP contribution in [-0.2, 0) is 16.4 Å². The average Bonchev–Trinajstić information content (AvgIpc) is 2.64. The molecule has 1 fully saturated rings. The first kappa shape index (κ1) is 13.6. The van der Waals surface area contributed by atoms with E-state index in [0.717, 1.165) is 19.4 Å². The molecule has 1 saturated heterocycles. The van der Waals surface area contributed by atoms with E-state index in [4.69, 9.17) is 0 Å². The molecule has 0 aliphatic carbocycles. The highest BCUT2D eigenvalue weighted by molar-refractivity contribution is 7.92. The van der Waals surface area contributed by atoms with Crippen LogP contribution in [0.5, 0.6) is 0 Å². The van der Waals surface area contributed by atoms with Gasteiger partial charge in [0.1, 0.15) is 0 Å². The third kappa shape index (κ3) is 2.93. The Morgan fingerprint density at radius 1 is 1.33 bits per heavy atom. The molecule has 1 atom stereocenters. The van der Waals surface area contributed by atoms with Gasteiger partial charge in [0.2, 0.25) is 0 Å². The lowest BCUT2D eigenvalue weighted by atomic mass is 10.0. The summed E-state index contributed by atoms with van der Waals surface area (Å²) < 4.78 is 23.4. The van der Waals surface area contributed by atoms with Crippen LogP contribution in [-0.4, -0.2) is 26.0 Å². The zero-order chi connectivity index (χ0) is 13.2. The van der Waals surface area contributed by atoms with E-state index < -0.39 is 9.84 Å². The first-order valence-electron chi connectivity index (χ1n) is 6.48. The van der Waals surface area contributed by atoms with Crippen LogP contribution >= 0.6 is 0 Å². The molecule has 0 radical (unpaired) electrons. The molecule has 100 valence electrons. The smallest absolute Gasteiger partial charge is 0.154 e. The van der Waals surface area contributed by atoms with E-state index in [1.807, 2.05) is 6.07 Å². The number of hydrogen-bond acceptors (Lipinski definition) is 3. The molecule has 1 aliphatic heterocycles. The molecule has 18 heavy (non-hydrogen) atoms. The van der Waals surface area contributed by atoms with E-state index in [2.05, 4.69) is 31.3 Å². The minimum atomic E-state index is -2.82. The van der Waals surface area contributed by atoms with Crippen LogP contribution in [0.15, 0.2) is 18.2 Å². The fraction of sp³-hybridized carbons (Fsp3) is 0.571. The molecule has 3 nitrogen and oxygen atoms in total. The van der Waals surface area contributed by atoms with E-state index in [1.54, 1.807) is 0 Å². The van der Waals surface area contributed by atoms with E-state index in [-0.39, 0.29) is 5.25 Å². The molecule has 1 N–H and O–H groups in total. The maximum Gasteiger partial charge on any atom is 0.154 e. The van der Waals surface area contributed by atoms with Crippen molar-refractivity contribution in [1.29, 1.82) is 0 Å². The Kier molecular flexibility index (Phi) is 4.07. The predicted molar refractivity (Wildman–Crippen MR) is 74.4 cm³/mol. The van der Waals surface area contributed by atoms with Crippen LogP contribution in [0.4, 0.5) is 0 Å². The lowest BCUT2D eigenvalue weighted by Gasteiger charge is -2.13. The van der Waals surface area contributed by atoms with Crippen LogP contribution < -0.4 is 5.32 Å². The number of nitrogens with one attached hydrogen (secondary N) is 1. The molecule has 0 aromatic heterocycles. The second-order valence-electron chi connectivity index (χ2n) is 5.12. The monoisotopic (exact) mass is 267 g/mol. The standard InChI is InChI=1S/C14H21NO2S/c1-11-5-3-6-13(12(11)2)9-15-10-14-7-4-8-18(14,16)17/h3,5-6,14-15H,4,7-10H2,1-2H3. The van der Waals surface area contributed by atoms with Gasteiger partial charge >= 0.3 is 0 Å². The SMILES string of the molecule is Cc1cccc(CNCC2CCCS2(=O)=O)c1C. The molecule has 1 unspecified atom stereocenters. The Morgan fingerprint density at radius 3 is 2.78 bits per heavy atom. The summed E-state index contributed by atoms with van der Waals surface area (Å²) in [6.45, 7) is 5.54. The van der Waals surface area contributed by atoms with Crippen LogP contribution in [0.2, 0.25) is 0 Å². The van der Waals surface area contributed by atoms with Gasteiger partial charge in [-0.1, -0.05) is 18.2 Å². The Morgan fingerprint density at radius 2 is 2.11 bits per heavy atom. The van der Waals surface area contributed by atoms with Gasteiger partial charge in [-0.25, -0.2) is 8.42 Å². The van der Waals surface area contributed by atoms with Gasteiger partial charge in [-0.3, -0.25) is 0 Å². The normalized spacial score (nSPS) is 22.2. The third-order valence-corrected chi connectivity index (χ3v) is 6.14. The van der Waals surface area contributed by atoms with Crippen molar-refractivity contribution in [2.24, 2.45) is 0 Å². The van der Waals surface area contributed by atoms with Gasteiger partial charge in [0.15, 0.2) is 9.84 Å². The van der Waals surface area contributed by atoms with Gasteiger partial charge in [0, 0.05) is 13.1 Å². The Hall–Kier alpha value is -0.870. The van der Waals surface area contributed by atoms with Gasteiger partial charge in [-0.15, -0.1) is 0 Å². The molecule has 4 heteroatoms. The minimum Gasteiger partial charge on any atom is -0.311 e. The minimum absolute atomic E-state index is 0.178. The van der Waals surface area contributed by atoms with Crippen molar-refractivity contribution in [3.05, 3.63) is 34.9 Å². The summed E-state index contributed by atoms with van der Waals surface area (Å²) >= 11 is 0. The molecule has 1 heterocycles. The largest absolute Gasteiger partial charge is 0.311 e. The molecular weight excluding hydrogens is 246 g/mol. The molecular formula is C14H21NO2S. The van der Waals surface area contributed by atoms with Crippen molar-refractivity contribution in [3.63, 3.8) is 0 Å². The van der Waals surface area contributed by atoms with Crippen molar-refractivity contribution in [1.82, 2.24) is 5.32 Å². The molecule has 2 rings (SSSR count). The summed E-state index contributed by atoms with van der Waals surface area (Å²) in [7, 11) is -2.82. The van der Waals surface area contributed by atoms with Crippen LogP contribution in [0.25, 0.3) is 0 Å². The number of sulfone groups is 1. The van der Waals surface area contributed by atoms with Crippen molar-refractivity contribution in [2.45, 2.75) is 38.5 Å². The molecule has 0 spiro atoms. The predicted octanol–water partition coefficient (Wildman–Crippen LogP) is 1.97. The van der Waals surface area contributed by atoms with E-state index in [9.17, 15) is 8.42 Å². The van der Waals surface area contributed by atoms with Crippen molar-refractivity contribution in [3.8, 4) is 0 Å². The quantitative estimate of drug-likeness (QED) is 0.907. The van der Waals surface area contributed by atoms with Crippen molar-refractivity contribution >= 4 is 9.84 Å². The van der Waals surface area contributed by atoms with Gasteiger partial charge < -0.3 is 5.32 Å². The molecule has 0 amide bonds. The van der Waals surface area contributed by atoms with Crippen molar-refractivity contribution in [2.75, 3.05) is 12.3 Å². The van der Waals surface area contributed by atoms with E-state index in [1.165, 1.54) is 16.7 Å². The maximum absolute atomic E-state index is 11.7. The molecule has 1 aromatic carbocycles. The first-order valence-corrected chi connectivity index (χ1v) is 8.19. The summed E-state index contributed by atoms with van der Waals surface area (Å²) in [6.07, 6.45) is 1.63. The van der Waals surface area contributed by atoms with Gasteiger partial charge in [-0.05, 0) is 43.4 Å². The molecule has 1 aliphatic rings. The molecule has 0 saturated carbocycles. The lowest BCUT2D eigenvalue weighted by molar-refractivity contribution is 0.573. The maximum atomic E-state index is 11.7. The highest BCUT2D eigenvalue weighted by Gasteiger charge is 2.30. The summed E-state index contributed by atoms with van der Waals surface area (Å²) in [5, 5.41) is 3.11. The fourth-order valence-electron chi connectivity index (χ4n) is 2.46. The number of hydrogen-bond donors (Lipinski definition) is 1. The summed E-state index contributed by atoms with van der Waals surface area (Å²) in [5.41, 5.74) is 3.83. The number of rotatable bonds is 4. The highest BCUT2D eigenvalue weighted by Crippen LogP contribution is 2.19.